The molecule has 2 unspecified atom stereocenters. The molecule has 5 rings (SSSR count). The summed E-state index contributed by atoms with van der Waals surface area (Å²) in [5, 5.41) is 65.7. The summed E-state index contributed by atoms with van der Waals surface area (Å²) < 4.78 is 27.7. The average molecular weight is 1090 g/mol. The Morgan fingerprint density at radius 2 is 1.67 bits per heavy atom. The number of phenols is 1. The Bertz CT molecular complexity index is 2360. The molecule has 0 aliphatic carbocycles. The summed E-state index contributed by atoms with van der Waals surface area (Å²) in [6.45, 7) is 17.9. The van der Waals surface area contributed by atoms with Gasteiger partial charge in [0.2, 0.25) is 17.7 Å². The number of esters is 1. The molecular formula is C59H88FN5O13. The molecule has 3 fully saturated rings. The summed E-state index contributed by atoms with van der Waals surface area (Å²) in [6.07, 6.45) is 9.90. The third kappa shape index (κ3) is 16.2. The summed E-state index contributed by atoms with van der Waals surface area (Å²) in [6, 6.07) is -1.06. The quantitative estimate of drug-likeness (QED) is 0.0802. The van der Waals surface area contributed by atoms with Crippen LogP contribution in [-0.4, -0.2) is 127 Å². The number of ether oxygens (including phenoxy) is 2. The molecule has 9 N–H and O–H groups in total. The molecule has 2 bridgehead atoms. The number of aromatic hydroxyl groups is 1. The van der Waals surface area contributed by atoms with Gasteiger partial charge < -0.3 is 55.8 Å². The highest BCUT2D eigenvalue weighted by Crippen LogP contribution is 2.46. The Hall–Kier alpha value is -5.31. The van der Waals surface area contributed by atoms with Crippen molar-refractivity contribution in [3.8, 4) is 5.75 Å². The number of benzene rings is 1. The van der Waals surface area contributed by atoms with E-state index < -0.39 is 113 Å². The maximum absolute atomic E-state index is 14.9. The van der Waals surface area contributed by atoms with Crippen molar-refractivity contribution in [2.45, 2.75) is 194 Å². The minimum atomic E-state index is -1.63. The van der Waals surface area contributed by atoms with Crippen molar-refractivity contribution in [2.75, 3.05) is 6.54 Å². The van der Waals surface area contributed by atoms with E-state index in [1.807, 2.05) is 52.8 Å². The van der Waals surface area contributed by atoms with Crippen molar-refractivity contribution >= 4 is 35.4 Å². The third-order valence-corrected chi connectivity index (χ3v) is 16.7. The van der Waals surface area contributed by atoms with Crippen LogP contribution in [0.15, 0.2) is 66.3 Å². The molecule has 18 nitrogen and oxygen atoms in total. The van der Waals surface area contributed by atoms with E-state index in [-0.39, 0.29) is 85.5 Å². The monoisotopic (exact) mass is 1090 g/mol. The van der Waals surface area contributed by atoms with Crippen LogP contribution in [0.5, 0.6) is 5.75 Å². The SMILES string of the molecule is CC[C@H]1C[C@H](C)[C@@]2(NC1=O)O[C@@H](C[C@H](O)[C@@H](C)CC/C=C/C=C(\C)[C@@H]1C/C=C/C=C/[C@H](O)[C@H](C)[C@@H](O)[C@@H](CCC(C)=O)C(=O)N[C@@H](C(C)C)C(=O)NC(c3cc(O)cc(F)c3)C(=O)N3CCCC(N3)C(=O)O1)[C@H](C)[C@H](O)[C@@H]2C. The number of hydrogen-bond acceptors (Lipinski definition) is 14. The van der Waals surface area contributed by atoms with Crippen LogP contribution < -0.4 is 21.4 Å². The van der Waals surface area contributed by atoms with E-state index in [2.05, 4.69) is 21.4 Å². The first-order valence-electron chi connectivity index (χ1n) is 28.1. The molecule has 4 heterocycles. The number of aliphatic hydroxyl groups excluding tert-OH is 4. The number of carbonyl (C=O) groups excluding carboxylic acids is 6. The largest absolute Gasteiger partial charge is 0.508 e. The Morgan fingerprint density at radius 3 is 2.33 bits per heavy atom. The summed E-state index contributed by atoms with van der Waals surface area (Å²) in [7, 11) is 0. The van der Waals surface area contributed by atoms with Crippen LogP contribution in [0.4, 0.5) is 4.39 Å². The number of cyclic esters (lactones) is 1. The lowest BCUT2D eigenvalue weighted by molar-refractivity contribution is -0.267. The number of hydrazine groups is 1. The molecule has 19 heteroatoms. The number of ketones is 1. The summed E-state index contributed by atoms with van der Waals surface area (Å²) in [5.74, 6) is -8.56. The van der Waals surface area contributed by atoms with Crippen molar-refractivity contribution in [2.24, 2.45) is 47.3 Å². The third-order valence-electron chi connectivity index (χ3n) is 16.7. The van der Waals surface area contributed by atoms with E-state index in [0.29, 0.717) is 37.7 Å². The van der Waals surface area contributed by atoms with E-state index in [4.69, 9.17) is 9.47 Å². The van der Waals surface area contributed by atoms with Crippen LogP contribution in [0.3, 0.4) is 0 Å². The van der Waals surface area contributed by atoms with Gasteiger partial charge >= 0.3 is 5.97 Å². The highest BCUT2D eigenvalue weighted by atomic mass is 19.1. The summed E-state index contributed by atoms with van der Waals surface area (Å²) >= 11 is 0. The van der Waals surface area contributed by atoms with Gasteiger partial charge in [-0.1, -0.05) is 97.9 Å². The lowest BCUT2D eigenvalue weighted by atomic mass is 9.69. The van der Waals surface area contributed by atoms with Crippen molar-refractivity contribution in [1.29, 1.82) is 0 Å². The lowest BCUT2D eigenvalue weighted by Gasteiger charge is -2.56. The highest BCUT2D eigenvalue weighted by Gasteiger charge is 2.57. The molecule has 17 atom stereocenters. The topological polar surface area (TPSA) is 273 Å². The van der Waals surface area contributed by atoms with Gasteiger partial charge in [0.1, 0.15) is 47.3 Å². The number of halogens is 1. The Morgan fingerprint density at radius 1 is 0.949 bits per heavy atom. The number of nitrogens with one attached hydrogen (secondary N) is 4. The molecule has 0 radical (unpaired) electrons. The molecule has 3 saturated heterocycles. The molecule has 434 valence electrons. The second kappa shape index (κ2) is 28.7. The van der Waals surface area contributed by atoms with E-state index in [9.17, 15) is 58.7 Å². The van der Waals surface area contributed by atoms with Crippen molar-refractivity contribution in [1.82, 2.24) is 26.4 Å². The number of rotatable bonds is 14. The zero-order valence-corrected chi connectivity index (χ0v) is 47.2. The van der Waals surface area contributed by atoms with Gasteiger partial charge in [-0.15, -0.1) is 0 Å². The Labute approximate surface area is 459 Å². The van der Waals surface area contributed by atoms with Crippen molar-refractivity contribution in [3.63, 3.8) is 0 Å². The normalized spacial score (nSPS) is 34.9. The van der Waals surface area contributed by atoms with Crippen LogP contribution in [-0.2, 0) is 38.2 Å². The summed E-state index contributed by atoms with van der Waals surface area (Å²) in [5.41, 5.74) is 2.46. The smallest absolute Gasteiger partial charge is 0.325 e. The number of amides is 4. The van der Waals surface area contributed by atoms with Gasteiger partial charge in [-0.3, -0.25) is 29.0 Å². The van der Waals surface area contributed by atoms with Crippen molar-refractivity contribution in [3.05, 3.63) is 77.7 Å². The van der Waals surface area contributed by atoms with E-state index in [1.54, 1.807) is 45.9 Å². The molecule has 4 amide bonds. The van der Waals surface area contributed by atoms with E-state index in [0.717, 1.165) is 23.2 Å². The van der Waals surface area contributed by atoms with Gasteiger partial charge in [-0.2, -0.15) is 0 Å². The number of allylic oxidation sites excluding steroid dienone is 5. The van der Waals surface area contributed by atoms with Gasteiger partial charge in [0, 0.05) is 61.5 Å². The number of carbonyl (C=O) groups is 6. The second-order valence-corrected chi connectivity index (χ2v) is 22.9. The molecule has 1 aromatic carbocycles. The standard InChI is InChI=1S/C59H88FN5O13/c1-11-40-27-35(6)59(63-54(40)72)39(10)52(70)38(9)49(78-59)31-47(69)33(4)19-14-12-15-20-34(5)48-23-17-13-16-22-46(68)37(8)53(71)44(25-24-36(7)66)55(73)61-50(32(2)3)56(74)62-51(41-28-42(60)30-43(67)29-41)57(75)65-26-18-21-45(64-65)58(76)77-48/h12-13,15-17,20,22,28-30,32-33,35,37-40,44-53,64,67-71H,11,14,18-19,21,23-27,31H2,1-10H3,(H,61,73)(H,62,74)(H,63,72)/b15-12+,17-13+,22-16+,34-20+/t33-,35-,37-,38-,39-,40-,44+,45?,46-,47-,48-,49-,50-,51?,52-,53+,59+/m0/s1. The molecule has 0 aromatic heterocycles. The fraction of sp³-hybridized carbons (Fsp3) is 0.661. The van der Waals surface area contributed by atoms with Crippen LogP contribution in [0.2, 0.25) is 0 Å². The molecule has 0 saturated carbocycles. The molecule has 4 aliphatic heterocycles. The highest BCUT2D eigenvalue weighted by molar-refractivity contribution is 5.93. The molecule has 1 aromatic rings. The number of aliphatic hydroxyl groups is 4. The van der Waals surface area contributed by atoms with Crippen LogP contribution in [0.1, 0.15) is 145 Å². The van der Waals surface area contributed by atoms with Gasteiger partial charge in [0.25, 0.3) is 5.91 Å². The zero-order valence-electron chi connectivity index (χ0n) is 47.2. The second-order valence-electron chi connectivity index (χ2n) is 22.9. The van der Waals surface area contributed by atoms with Crippen LogP contribution in [0, 0.1) is 53.2 Å². The lowest BCUT2D eigenvalue weighted by Crippen LogP contribution is -2.71. The van der Waals surface area contributed by atoms with Gasteiger partial charge in [-0.05, 0) is 93.9 Å². The van der Waals surface area contributed by atoms with Gasteiger partial charge in [0.15, 0.2) is 0 Å². The first-order chi connectivity index (χ1) is 36.8. The number of hydrogen-bond donors (Lipinski definition) is 9. The van der Waals surface area contributed by atoms with Crippen molar-refractivity contribution < 1.29 is 68.2 Å². The minimum Gasteiger partial charge on any atom is -0.508 e. The molecule has 78 heavy (non-hydrogen) atoms. The number of phenolic OH excluding ortho intramolecular Hbond substituents is 1. The minimum absolute atomic E-state index is 0.0362. The number of piperidine rings is 1. The van der Waals surface area contributed by atoms with Gasteiger partial charge in [0.05, 0.1) is 36.4 Å². The fourth-order valence-electron chi connectivity index (χ4n) is 11.2. The molecular weight excluding hydrogens is 1010 g/mol. The van der Waals surface area contributed by atoms with Crippen LogP contribution >= 0.6 is 0 Å². The zero-order chi connectivity index (χ0) is 57.8. The van der Waals surface area contributed by atoms with E-state index in [1.165, 1.54) is 13.0 Å². The van der Waals surface area contributed by atoms with Crippen LogP contribution in [0.25, 0.3) is 0 Å². The Balaban J connectivity index is 1.36. The first kappa shape index (κ1) is 63.5. The molecule has 1 spiro atoms. The predicted octanol–water partition coefficient (Wildman–Crippen LogP) is 5.68. The maximum atomic E-state index is 14.9. The first-order valence-corrected chi connectivity index (χ1v) is 28.1. The van der Waals surface area contributed by atoms with E-state index >= 15 is 0 Å². The number of Topliss-reactive ketones (excluding diaryl/α,β-unsaturated/α-hetero) is 1. The Kier molecular flexibility index (Phi) is 23.4. The predicted molar refractivity (Wildman–Crippen MR) is 291 cm³/mol. The van der Waals surface area contributed by atoms with Gasteiger partial charge in [-0.25, -0.2) is 9.82 Å². The maximum Gasteiger partial charge on any atom is 0.325 e. The average Bonchev–Trinajstić information content (AvgIpc) is 3.46. The molecule has 4 aliphatic rings. The summed E-state index contributed by atoms with van der Waals surface area (Å²) in [4.78, 5) is 82.1. The fourth-order valence-corrected chi connectivity index (χ4v) is 11.2. The number of nitrogens with zero attached hydrogens (tertiary/aromatic N) is 1. The number of fused-ring (bicyclic) bond motifs is 2.